The van der Waals surface area contributed by atoms with Crippen molar-refractivity contribution < 1.29 is 13.2 Å². The first-order valence-electron chi connectivity index (χ1n) is 5.98. The van der Waals surface area contributed by atoms with Crippen LogP contribution in [0.1, 0.15) is 29.3 Å². The van der Waals surface area contributed by atoms with Gasteiger partial charge in [0.05, 0.1) is 4.88 Å². The van der Waals surface area contributed by atoms with Crippen LogP contribution in [-0.4, -0.2) is 4.37 Å². The summed E-state index contributed by atoms with van der Waals surface area (Å²) in [4.78, 5) is 0.632. The van der Waals surface area contributed by atoms with Crippen LogP contribution in [0.2, 0.25) is 0 Å². The molecule has 0 atom stereocenters. The quantitative estimate of drug-likeness (QED) is 0.756. The Kier molecular flexibility index (Phi) is 3.67. The van der Waals surface area contributed by atoms with Crippen molar-refractivity contribution in [1.82, 2.24) is 4.37 Å². The number of alkyl halides is 3. The van der Waals surface area contributed by atoms with Crippen molar-refractivity contribution in [3.63, 3.8) is 0 Å². The number of rotatable bonds is 2. The minimum Gasteiger partial charge on any atom is -0.187 e. The highest BCUT2D eigenvalue weighted by Crippen LogP contribution is 2.40. The lowest BCUT2D eigenvalue weighted by atomic mass is 10.00. The van der Waals surface area contributed by atoms with Gasteiger partial charge in [0.2, 0.25) is 0 Å². The Morgan fingerprint density at radius 1 is 1.21 bits per heavy atom. The Hall–Kier alpha value is -1.36. The van der Waals surface area contributed by atoms with E-state index < -0.39 is 11.9 Å². The molecule has 0 radical (unpaired) electrons. The molecular weight excluding hydrogens is 271 g/mol. The molecule has 1 nitrogen and oxygen atoms in total. The summed E-state index contributed by atoms with van der Waals surface area (Å²) in [7, 11) is 0. The van der Waals surface area contributed by atoms with Crippen LogP contribution in [0.5, 0.6) is 0 Å². The van der Waals surface area contributed by atoms with Crippen molar-refractivity contribution in [2.24, 2.45) is 0 Å². The summed E-state index contributed by atoms with van der Waals surface area (Å²) in [5.74, 6) is 0. The number of halogens is 3. The molecule has 0 N–H and O–H groups in total. The maximum absolute atomic E-state index is 12.9. The highest BCUT2D eigenvalue weighted by atomic mass is 32.1. The molecule has 2 aromatic rings. The first-order valence-corrected chi connectivity index (χ1v) is 6.75. The maximum Gasteiger partial charge on any atom is 0.434 e. The predicted molar refractivity (Wildman–Crippen MR) is 71.4 cm³/mol. The molecule has 0 bridgehead atoms. The Bertz CT molecular complexity index is 599. The largest absolute Gasteiger partial charge is 0.434 e. The molecule has 102 valence electrons. The van der Waals surface area contributed by atoms with Crippen molar-refractivity contribution >= 4 is 11.5 Å². The zero-order valence-electron chi connectivity index (χ0n) is 10.9. The Morgan fingerprint density at radius 2 is 1.89 bits per heavy atom. The molecule has 0 aliphatic heterocycles. The van der Waals surface area contributed by atoms with Gasteiger partial charge in [-0.1, -0.05) is 30.7 Å². The average Bonchev–Trinajstić information content (AvgIpc) is 2.72. The normalized spacial score (nSPS) is 11.9. The molecule has 0 spiro atoms. The fraction of sp³-hybridized carbons (Fsp3) is 0.357. The third-order valence-corrected chi connectivity index (χ3v) is 3.96. The zero-order valence-corrected chi connectivity index (χ0v) is 11.7. The van der Waals surface area contributed by atoms with E-state index in [0.29, 0.717) is 16.9 Å². The lowest BCUT2D eigenvalue weighted by molar-refractivity contribution is -0.141. The van der Waals surface area contributed by atoms with E-state index >= 15 is 0 Å². The molecule has 0 saturated carbocycles. The number of hydrogen-bond acceptors (Lipinski definition) is 2. The molecule has 0 fully saturated rings. The fourth-order valence-electron chi connectivity index (χ4n) is 2.14. The van der Waals surface area contributed by atoms with E-state index in [1.54, 1.807) is 6.92 Å². The SMILES string of the molecule is CCc1c(C(F)(F)F)nsc1-c1ccc(C)cc1C. The molecule has 5 heteroatoms. The number of benzene rings is 1. The molecule has 0 saturated heterocycles. The van der Waals surface area contributed by atoms with Gasteiger partial charge in [-0.3, -0.25) is 0 Å². The summed E-state index contributed by atoms with van der Waals surface area (Å²) in [6.45, 7) is 5.60. The van der Waals surface area contributed by atoms with E-state index in [2.05, 4.69) is 4.37 Å². The lowest BCUT2D eigenvalue weighted by Gasteiger charge is -2.09. The summed E-state index contributed by atoms with van der Waals surface area (Å²) in [5, 5.41) is 0. The summed E-state index contributed by atoms with van der Waals surface area (Å²) in [6.07, 6.45) is -4.05. The van der Waals surface area contributed by atoms with Crippen LogP contribution >= 0.6 is 11.5 Å². The molecule has 0 aliphatic rings. The van der Waals surface area contributed by atoms with Gasteiger partial charge in [-0.25, -0.2) is 0 Å². The third-order valence-electron chi connectivity index (χ3n) is 3.04. The maximum atomic E-state index is 12.9. The number of aryl methyl sites for hydroxylation is 2. The Balaban J connectivity index is 2.60. The van der Waals surface area contributed by atoms with Gasteiger partial charge < -0.3 is 0 Å². The molecule has 2 rings (SSSR count). The van der Waals surface area contributed by atoms with E-state index in [9.17, 15) is 13.2 Å². The van der Waals surface area contributed by atoms with Crippen LogP contribution in [0.3, 0.4) is 0 Å². The lowest BCUT2D eigenvalue weighted by Crippen LogP contribution is -2.08. The average molecular weight is 285 g/mol. The Labute approximate surface area is 114 Å². The number of nitrogens with zero attached hydrogens (tertiary/aromatic N) is 1. The number of aromatic nitrogens is 1. The first-order chi connectivity index (χ1) is 8.84. The second-order valence-corrected chi connectivity index (χ2v) is 5.28. The first kappa shape index (κ1) is 14.1. The third kappa shape index (κ3) is 2.66. The highest BCUT2D eigenvalue weighted by Gasteiger charge is 2.37. The summed E-state index contributed by atoms with van der Waals surface area (Å²) < 4.78 is 42.2. The van der Waals surface area contributed by atoms with Gasteiger partial charge in [-0.2, -0.15) is 17.5 Å². The van der Waals surface area contributed by atoms with Crippen LogP contribution in [0.25, 0.3) is 10.4 Å². The topological polar surface area (TPSA) is 12.9 Å². The van der Waals surface area contributed by atoms with Crippen LogP contribution in [-0.2, 0) is 12.6 Å². The van der Waals surface area contributed by atoms with Crippen LogP contribution in [0.15, 0.2) is 18.2 Å². The molecule has 0 unspecified atom stereocenters. The highest BCUT2D eigenvalue weighted by molar-refractivity contribution is 7.09. The standard InChI is InChI=1S/C14H14F3NS/c1-4-10-12(19-18-13(10)14(15,16)17)11-6-5-8(2)7-9(11)3/h5-7H,4H2,1-3H3. The van der Waals surface area contributed by atoms with Gasteiger partial charge in [0, 0.05) is 5.56 Å². The van der Waals surface area contributed by atoms with Crippen LogP contribution < -0.4 is 0 Å². The van der Waals surface area contributed by atoms with Crippen LogP contribution in [0, 0.1) is 13.8 Å². The van der Waals surface area contributed by atoms with Crippen molar-refractivity contribution in [1.29, 1.82) is 0 Å². The predicted octanol–water partition coefficient (Wildman–Crippen LogP) is 5.01. The zero-order chi connectivity index (χ0) is 14.2. The van der Waals surface area contributed by atoms with Gasteiger partial charge in [0.25, 0.3) is 0 Å². The van der Waals surface area contributed by atoms with Gasteiger partial charge in [-0.15, -0.1) is 0 Å². The van der Waals surface area contributed by atoms with Crippen molar-refractivity contribution in [2.45, 2.75) is 33.4 Å². The minimum absolute atomic E-state index is 0.296. The van der Waals surface area contributed by atoms with Gasteiger partial charge in [-0.05, 0) is 42.9 Å². The smallest absolute Gasteiger partial charge is 0.187 e. The number of hydrogen-bond donors (Lipinski definition) is 0. The molecule has 0 amide bonds. The van der Waals surface area contributed by atoms with Gasteiger partial charge in [0.1, 0.15) is 0 Å². The van der Waals surface area contributed by atoms with Crippen LogP contribution in [0.4, 0.5) is 13.2 Å². The van der Waals surface area contributed by atoms with Crippen molar-refractivity contribution in [3.8, 4) is 10.4 Å². The molecule has 1 aromatic carbocycles. The summed E-state index contributed by atoms with van der Waals surface area (Å²) >= 11 is 0.931. The molecular formula is C14H14F3NS. The monoisotopic (exact) mass is 285 g/mol. The van der Waals surface area contributed by atoms with Crippen molar-refractivity contribution in [3.05, 3.63) is 40.6 Å². The molecule has 1 aromatic heterocycles. The van der Waals surface area contributed by atoms with E-state index in [1.807, 2.05) is 32.0 Å². The second kappa shape index (κ2) is 4.96. The summed E-state index contributed by atoms with van der Waals surface area (Å²) in [5.41, 5.74) is 2.47. The minimum atomic E-state index is -4.38. The molecule has 1 heterocycles. The van der Waals surface area contributed by atoms with E-state index in [0.717, 1.165) is 28.2 Å². The van der Waals surface area contributed by atoms with E-state index in [1.165, 1.54) is 0 Å². The van der Waals surface area contributed by atoms with Gasteiger partial charge >= 0.3 is 6.18 Å². The van der Waals surface area contributed by atoms with E-state index in [4.69, 9.17) is 0 Å². The van der Waals surface area contributed by atoms with Gasteiger partial charge in [0.15, 0.2) is 5.69 Å². The fourth-order valence-corrected chi connectivity index (χ4v) is 3.21. The van der Waals surface area contributed by atoms with E-state index in [-0.39, 0.29) is 0 Å². The van der Waals surface area contributed by atoms with Crippen molar-refractivity contribution in [2.75, 3.05) is 0 Å². The Morgan fingerprint density at radius 3 is 2.42 bits per heavy atom. The summed E-state index contributed by atoms with van der Waals surface area (Å²) in [6, 6.07) is 5.76. The molecule has 19 heavy (non-hydrogen) atoms. The second-order valence-electron chi connectivity index (χ2n) is 4.51. The molecule has 0 aliphatic carbocycles.